The fourth-order valence-corrected chi connectivity index (χ4v) is 4.64. The Labute approximate surface area is 140 Å². The van der Waals surface area contributed by atoms with Gasteiger partial charge in [-0.25, -0.2) is 17.7 Å². The van der Waals surface area contributed by atoms with Crippen LogP contribution in [-0.4, -0.2) is 57.3 Å². The van der Waals surface area contributed by atoms with Gasteiger partial charge in [-0.3, -0.25) is 0 Å². The lowest BCUT2D eigenvalue weighted by molar-refractivity contribution is 0.314. The van der Waals surface area contributed by atoms with Gasteiger partial charge in [-0.05, 0) is 31.0 Å². The summed E-state index contributed by atoms with van der Waals surface area (Å²) in [6.45, 7) is 1.64. The molecule has 0 radical (unpaired) electrons. The van der Waals surface area contributed by atoms with Crippen LogP contribution in [0.5, 0.6) is 5.75 Å². The Morgan fingerprint density at radius 2 is 2.04 bits per heavy atom. The maximum Gasteiger partial charge on any atom is 0.211 e. The van der Waals surface area contributed by atoms with E-state index < -0.39 is 10.0 Å². The molecule has 3 rings (SSSR count). The summed E-state index contributed by atoms with van der Waals surface area (Å²) < 4.78 is 31.2. The van der Waals surface area contributed by atoms with E-state index in [2.05, 4.69) is 9.88 Å². The van der Waals surface area contributed by atoms with E-state index in [0.29, 0.717) is 0 Å². The monoisotopic (exact) mass is 355 g/mol. The van der Waals surface area contributed by atoms with Crippen molar-refractivity contribution in [1.29, 1.82) is 0 Å². The van der Waals surface area contributed by atoms with Crippen LogP contribution in [-0.2, 0) is 10.0 Å². The maximum absolute atomic E-state index is 11.7. The molecule has 0 unspecified atom stereocenters. The van der Waals surface area contributed by atoms with Crippen molar-refractivity contribution in [2.75, 3.05) is 38.4 Å². The molecule has 126 valence electrons. The van der Waals surface area contributed by atoms with E-state index in [1.807, 2.05) is 18.2 Å². The largest absolute Gasteiger partial charge is 0.497 e. The molecule has 1 fully saturated rings. The summed E-state index contributed by atoms with van der Waals surface area (Å²) in [5.74, 6) is 0.834. The van der Waals surface area contributed by atoms with Crippen molar-refractivity contribution in [2.45, 2.75) is 18.9 Å². The first-order valence-electron chi connectivity index (χ1n) is 7.51. The van der Waals surface area contributed by atoms with Crippen LogP contribution in [0.1, 0.15) is 12.8 Å². The van der Waals surface area contributed by atoms with Crippen LogP contribution < -0.4 is 9.64 Å². The van der Waals surface area contributed by atoms with Crippen molar-refractivity contribution in [1.82, 2.24) is 9.29 Å². The van der Waals surface area contributed by atoms with E-state index in [0.717, 1.165) is 47.0 Å². The average Bonchev–Trinajstić information content (AvgIpc) is 2.96. The quantitative estimate of drug-likeness (QED) is 0.841. The van der Waals surface area contributed by atoms with Gasteiger partial charge in [0.25, 0.3) is 0 Å². The third-order valence-electron chi connectivity index (χ3n) is 4.36. The lowest BCUT2D eigenvalue weighted by atomic mass is 10.1. The number of rotatable bonds is 4. The van der Waals surface area contributed by atoms with E-state index in [4.69, 9.17) is 4.74 Å². The number of aromatic nitrogens is 1. The zero-order valence-corrected chi connectivity index (χ0v) is 15.2. The van der Waals surface area contributed by atoms with Crippen LogP contribution >= 0.6 is 11.3 Å². The molecule has 23 heavy (non-hydrogen) atoms. The highest BCUT2D eigenvalue weighted by Gasteiger charge is 2.28. The van der Waals surface area contributed by atoms with E-state index in [1.165, 1.54) is 10.6 Å². The summed E-state index contributed by atoms with van der Waals surface area (Å²) >= 11 is 1.65. The second kappa shape index (κ2) is 6.26. The first-order valence-corrected chi connectivity index (χ1v) is 10.2. The van der Waals surface area contributed by atoms with Crippen molar-refractivity contribution in [2.24, 2.45) is 0 Å². The summed E-state index contributed by atoms with van der Waals surface area (Å²) in [5.41, 5.74) is 0.973. The van der Waals surface area contributed by atoms with Gasteiger partial charge in [0.15, 0.2) is 5.13 Å². The fraction of sp³-hybridized carbons (Fsp3) is 0.533. The average molecular weight is 355 g/mol. The number of hydrogen-bond acceptors (Lipinski definition) is 6. The van der Waals surface area contributed by atoms with Crippen molar-refractivity contribution >= 4 is 36.7 Å². The van der Waals surface area contributed by atoms with Crippen molar-refractivity contribution in [3.8, 4) is 5.75 Å². The topological polar surface area (TPSA) is 62.7 Å². The predicted octanol–water partition coefficient (Wildman–Crippen LogP) is 2.17. The number of thiazole rings is 1. The zero-order valence-electron chi connectivity index (χ0n) is 13.5. The molecule has 2 aromatic rings. The van der Waals surface area contributed by atoms with Crippen LogP contribution in [0, 0.1) is 0 Å². The summed E-state index contributed by atoms with van der Waals surface area (Å²) in [5, 5.41) is 0.994. The summed E-state index contributed by atoms with van der Waals surface area (Å²) in [4.78, 5) is 6.93. The van der Waals surface area contributed by atoms with Gasteiger partial charge >= 0.3 is 0 Å². The van der Waals surface area contributed by atoms with Crippen molar-refractivity contribution < 1.29 is 13.2 Å². The van der Waals surface area contributed by atoms with Gasteiger partial charge in [-0.15, -0.1) is 0 Å². The molecular weight excluding hydrogens is 334 g/mol. The molecule has 1 aliphatic rings. The SMILES string of the molecule is COc1ccc2nc(N3CCC(N(C)S(C)(=O)=O)CC3)sc2c1. The Balaban J connectivity index is 1.72. The number of anilines is 1. The van der Waals surface area contributed by atoms with E-state index in [9.17, 15) is 8.42 Å². The van der Waals surface area contributed by atoms with Crippen LogP contribution in [0.3, 0.4) is 0 Å². The maximum atomic E-state index is 11.7. The number of piperidine rings is 1. The third kappa shape index (κ3) is 3.44. The number of fused-ring (bicyclic) bond motifs is 1. The molecule has 1 aliphatic heterocycles. The summed E-state index contributed by atoms with van der Waals surface area (Å²) in [6.07, 6.45) is 2.91. The molecule has 1 aromatic heterocycles. The lowest BCUT2D eigenvalue weighted by Crippen LogP contribution is -2.45. The molecule has 0 N–H and O–H groups in total. The van der Waals surface area contributed by atoms with Crippen molar-refractivity contribution in [3.63, 3.8) is 0 Å². The Bertz CT molecular complexity index is 795. The molecule has 2 heterocycles. The predicted molar refractivity (Wildman–Crippen MR) is 94.0 cm³/mol. The smallest absolute Gasteiger partial charge is 0.211 e. The normalized spacial score (nSPS) is 17.1. The van der Waals surface area contributed by atoms with Gasteiger partial charge in [0.1, 0.15) is 5.75 Å². The lowest BCUT2D eigenvalue weighted by Gasteiger charge is -2.35. The minimum Gasteiger partial charge on any atom is -0.497 e. The molecular formula is C15H21N3O3S2. The molecule has 0 spiro atoms. The highest BCUT2D eigenvalue weighted by molar-refractivity contribution is 7.88. The standard InChI is InChI=1S/C15H21N3O3S2/c1-17(23(3,19)20)11-6-8-18(9-7-11)15-16-13-5-4-12(21-2)10-14(13)22-15/h4-5,10-11H,6-9H2,1-3H3. The van der Waals surface area contributed by atoms with Gasteiger partial charge in [0.05, 0.1) is 23.6 Å². The van der Waals surface area contributed by atoms with Gasteiger partial charge in [-0.2, -0.15) is 0 Å². The number of sulfonamides is 1. The van der Waals surface area contributed by atoms with Gasteiger partial charge in [-0.1, -0.05) is 11.3 Å². The first-order chi connectivity index (χ1) is 10.9. The summed E-state index contributed by atoms with van der Waals surface area (Å²) in [6, 6.07) is 5.97. The number of hydrogen-bond donors (Lipinski definition) is 0. The zero-order chi connectivity index (χ0) is 16.6. The third-order valence-corrected chi connectivity index (χ3v) is 6.78. The Morgan fingerprint density at radius 1 is 1.35 bits per heavy atom. The fourth-order valence-electron chi connectivity index (χ4n) is 2.85. The second-order valence-electron chi connectivity index (χ2n) is 5.83. The number of ether oxygens (including phenoxy) is 1. The van der Waals surface area contributed by atoms with E-state index >= 15 is 0 Å². The Kier molecular flexibility index (Phi) is 4.48. The number of nitrogens with zero attached hydrogens (tertiary/aromatic N) is 3. The Hall–Kier alpha value is -1.38. The highest BCUT2D eigenvalue weighted by atomic mass is 32.2. The van der Waals surface area contributed by atoms with Gasteiger partial charge < -0.3 is 9.64 Å². The van der Waals surface area contributed by atoms with Crippen LogP contribution in [0.25, 0.3) is 10.2 Å². The molecule has 0 saturated carbocycles. The molecule has 0 aliphatic carbocycles. The molecule has 6 nitrogen and oxygen atoms in total. The van der Waals surface area contributed by atoms with Crippen LogP contribution in [0.4, 0.5) is 5.13 Å². The number of benzene rings is 1. The summed E-state index contributed by atoms with van der Waals surface area (Å²) in [7, 11) is 0.200. The van der Waals surface area contributed by atoms with Gasteiger partial charge in [0, 0.05) is 26.2 Å². The molecule has 0 bridgehead atoms. The number of methoxy groups -OCH3 is 1. The van der Waals surface area contributed by atoms with E-state index in [-0.39, 0.29) is 6.04 Å². The van der Waals surface area contributed by atoms with Gasteiger partial charge in [0.2, 0.25) is 10.0 Å². The molecule has 8 heteroatoms. The molecule has 1 saturated heterocycles. The first kappa shape index (κ1) is 16.5. The highest BCUT2D eigenvalue weighted by Crippen LogP contribution is 2.33. The molecule has 1 aromatic carbocycles. The minimum absolute atomic E-state index is 0.0794. The Morgan fingerprint density at radius 3 is 2.65 bits per heavy atom. The minimum atomic E-state index is -3.12. The van der Waals surface area contributed by atoms with Crippen LogP contribution in [0.2, 0.25) is 0 Å². The molecule has 0 atom stereocenters. The van der Waals surface area contributed by atoms with E-state index in [1.54, 1.807) is 25.5 Å². The van der Waals surface area contributed by atoms with Crippen LogP contribution in [0.15, 0.2) is 18.2 Å². The second-order valence-corrected chi connectivity index (χ2v) is 8.88. The molecule has 0 amide bonds. The van der Waals surface area contributed by atoms with Crippen molar-refractivity contribution in [3.05, 3.63) is 18.2 Å².